The Kier molecular flexibility index (Phi) is 4.56. The van der Waals surface area contributed by atoms with Gasteiger partial charge >= 0.3 is 0 Å². The molecule has 3 N–H and O–H groups in total. The molecule has 3 heterocycles. The Morgan fingerprint density at radius 1 is 1.27 bits per heavy atom. The van der Waals surface area contributed by atoms with Crippen LogP contribution in [0.1, 0.15) is 25.5 Å². The number of hydrogen-bond acceptors (Lipinski definition) is 8. The fourth-order valence-corrected chi connectivity index (χ4v) is 3.34. The Labute approximate surface area is 154 Å². The third kappa shape index (κ3) is 3.15. The standard InChI is InChI=1S/C17H19N5O3S/c1-26-17-20-15(19-11-6-5-10(23)8-12(11)24)14-16(21-17)22(9-18-14)13-4-2-3-7-25-13/h5-6,8-9,13,23-24H,2-4,7H2,1H3,(H,19,20,21). The molecule has 1 atom stereocenters. The first kappa shape index (κ1) is 16.9. The van der Waals surface area contributed by atoms with Crippen LogP contribution in [0.3, 0.4) is 0 Å². The number of thioether (sulfide) groups is 1. The molecule has 8 nitrogen and oxygen atoms in total. The number of anilines is 2. The molecular weight excluding hydrogens is 354 g/mol. The van der Waals surface area contributed by atoms with Crippen LogP contribution < -0.4 is 5.32 Å². The summed E-state index contributed by atoms with van der Waals surface area (Å²) in [6, 6.07) is 4.34. The monoisotopic (exact) mass is 373 g/mol. The number of fused-ring (bicyclic) bond motifs is 1. The van der Waals surface area contributed by atoms with Gasteiger partial charge in [0, 0.05) is 12.7 Å². The van der Waals surface area contributed by atoms with Crippen molar-refractivity contribution in [2.75, 3.05) is 18.2 Å². The molecule has 1 aliphatic heterocycles. The number of nitrogens with one attached hydrogen (secondary N) is 1. The van der Waals surface area contributed by atoms with Crippen LogP contribution in [-0.2, 0) is 4.74 Å². The molecule has 1 aliphatic rings. The molecule has 0 amide bonds. The second-order valence-electron chi connectivity index (χ2n) is 6.03. The van der Waals surface area contributed by atoms with E-state index in [2.05, 4.69) is 20.3 Å². The number of imidazole rings is 1. The van der Waals surface area contributed by atoms with Crippen LogP contribution in [0.5, 0.6) is 11.5 Å². The van der Waals surface area contributed by atoms with Gasteiger partial charge in [-0.25, -0.2) is 15.0 Å². The van der Waals surface area contributed by atoms with Gasteiger partial charge in [-0.15, -0.1) is 0 Å². The maximum atomic E-state index is 10.0. The van der Waals surface area contributed by atoms with Gasteiger partial charge in [0.1, 0.15) is 17.7 Å². The van der Waals surface area contributed by atoms with E-state index in [4.69, 9.17) is 4.74 Å². The Morgan fingerprint density at radius 2 is 2.15 bits per heavy atom. The number of aromatic hydroxyl groups is 2. The number of aromatic nitrogens is 4. The molecule has 2 aromatic heterocycles. The summed E-state index contributed by atoms with van der Waals surface area (Å²) in [5, 5.41) is 23.2. The van der Waals surface area contributed by atoms with Gasteiger partial charge in [0.05, 0.1) is 12.0 Å². The molecule has 136 valence electrons. The van der Waals surface area contributed by atoms with E-state index < -0.39 is 0 Å². The molecule has 9 heteroatoms. The van der Waals surface area contributed by atoms with Crippen LogP contribution in [0, 0.1) is 0 Å². The number of nitrogens with zero attached hydrogens (tertiary/aromatic N) is 4. The third-order valence-corrected chi connectivity index (χ3v) is 4.83. The summed E-state index contributed by atoms with van der Waals surface area (Å²) in [7, 11) is 0. The van der Waals surface area contributed by atoms with E-state index in [1.165, 1.54) is 23.9 Å². The smallest absolute Gasteiger partial charge is 0.191 e. The maximum absolute atomic E-state index is 10.0. The molecule has 1 unspecified atom stereocenters. The first-order valence-corrected chi connectivity index (χ1v) is 9.57. The van der Waals surface area contributed by atoms with E-state index in [-0.39, 0.29) is 17.7 Å². The van der Waals surface area contributed by atoms with Gasteiger partial charge in [0.2, 0.25) is 0 Å². The van der Waals surface area contributed by atoms with E-state index in [1.807, 2.05) is 10.8 Å². The van der Waals surface area contributed by atoms with Crippen molar-refractivity contribution in [1.82, 2.24) is 19.5 Å². The highest BCUT2D eigenvalue weighted by molar-refractivity contribution is 7.98. The number of ether oxygens (including phenoxy) is 1. The van der Waals surface area contributed by atoms with Crippen LogP contribution in [0.2, 0.25) is 0 Å². The molecule has 1 fully saturated rings. The molecule has 4 rings (SSSR count). The highest BCUT2D eigenvalue weighted by atomic mass is 32.2. The number of hydrogen-bond donors (Lipinski definition) is 3. The zero-order valence-electron chi connectivity index (χ0n) is 14.2. The lowest BCUT2D eigenvalue weighted by Crippen LogP contribution is -2.17. The lowest BCUT2D eigenvalue weighted by atomic mass is 10.2. The largest absolute Gasteiger partial charge is 0.508 e. The fraction of sp³-hybridized carbons (Fsp3) is 0.353. The molecule has 0 spiro atoms. The highest BCUT2D eigenvalue weighted by Crippen LogP contribution is 2.33. The minimum absolute atomic E-state index is 0.00980. The average molecular weight is 373 g/mol. The number of phenols is 2. The summed E-state index contributed by atoms with van der Waals surface area (Å²) in [6.45, 7) is 0.733. The van der Waals surface area contributed by atoms with Gasteiger partial charge in [-0.05, 0) is 37.7 Å². The second-order valence-corrected chi connectivity index (χ2v) is 6.80. The minimum atomic E-state index is -0.0757. The topological polar surface area (TPSA) is 105 Å². The lowest BCUT2D eigenvalue weighted by molar-refractivity contribution is -0.0298. The first-order chi connectivity index (χ1) is 12.7. The van der Waals surface area contributed by atoms with E-state index >= 15 is 0 Å². The molecule has 3 aromatic rings. The van der Waals surface area contributed by atoms with E-state index in [0.717, 1.165) is 25.9 Å². The predicted molar refractivity (Wildman–Crippen MR) is 99.0 cm³/mol. The average Bonchev–Trinajstić information content (AvgIpc) is 3.08. The van der Waals surface area contributed by atoms with Crippen molar-refractivity contribution in [2.45, 2.75) is 30.6 Å². The molecule has 0 radical (unpaired) electrons. The van der Waals surface area contributed by atoms with E-state index in [0.29, 0.717) is 27.8 Å². The zero-order chi connectivity index (χ0) is 18.1. The number of rotatable bonds is 4. The van der Waals surface area contributed by atoms with E-state index in [1.54, 1.807) is 12.4 Å². The Morgan fingerprint density at radius 3 is 2.88 bits per heavy atom. The Hall–Kier alpha value is -2.52. The quantitative estimate of drug-likeness (QED) is 0.277. The molecule has 1 aromatic carbocycles. The summed E-state index contributed by atoms with van der Waals surface area (Å²) in [6.07, 6.45) is 6.65. The van der Waals surface area contributed by atoms with Crippen molar-refractivity contribution < 1.29 is 14.9 Å². The first-order valence-electron chi connectivity index (χ1n) is 8.35. The summed E-state index contributed by atoms with van der Waals surface area (Å²) in [5.41, 5.74) is 1.72. The molecule has 0 aliphatic carbocycles. The summed E-state index contributed by atoms with van der Waals surface area (Å²) >= 11 is 1.43. The fourth-order valence-electron chi connectivity index (χ4n) is 2.98. The van der Waals surface area contributed by atoms with Crippen molar-refractivity contribution in [1.29, 1.82) is 0 Å². The van der Waals surface area contributed by atoms with Crippen molar-refractivity contribution >= 4 is 34.4 Å². The number of benzene rings is 1. The van der Waals surface area contributed by atoms with Crippen LogP contribution in [0.25, 0.3) is 11.2 Å². The summed E-state index contributed by atoms with van der Waals surface area (Å²) in [5.74, 6) is 0.414. The third-order valence-electron chi connectivity index (χ3n) is 4.28. The van der Waals surface area contributed by atoms with Crippen molar-refractivity contribution in [3.05, 3.63) is 24.5 Å². The van der Waals surface area contributed by atoms with Gasteiger partial charge in [-0.3, -0.25) is 4.57 Å². The van der Waals surface area contributed by atoms with Gasteiger partial charge in [-0.2, -0.15) is 0 Å². The van der Waals surface area contributed by atoms with Crippen molar-refractivity contribution in [3.63, 3.8) is 0 Å². The van der Waals surface area contributed by atoms with Crippen LogP contribution in [0.15, 0.2) is 29.7 Å². The predicted octanol–water partition coefficient (Wildman–Crippen LogP) is 3.40. The highest BCUT2D eigenvalue weighted by Gasteiger charge is 2.21. The molecule has 0 saturated carbocycles. The maximum Gasteiger partial charge on any atom is 0.191 e. The molecule has 1 saturated heterocycles. The molecule has 0 bridgehead atoms. The van der Waals surface area contributed by atoms with Crippen LogP contribution in [0.4, 0.5) is 11.5 Å². The van der Waals surface area contributed by atoms with Gasteiger partial charge in [-0.1, -0.05) is 11.8 Å². The van der Waals surface area contributed by atoms with Crippen molar-refractivity contribution in [2.24, 2.45) is 0 Å². The van der Waals surface area contributed by atoms with Gasteiger partial charge < -0.3 is 20.3 Å². The minimum Gasteiger partial charge on any atom is -0.508 e. The van der Waals surface area contributed by atoms with Crippen LogP contribution >= 0.6 is 11.8 Å². The number of phenolic OH excluding ortho intramolecular Hbond substituents is 2. The second kappa shape index (κ2) is 7.00. The zero-order valence-corrected chi connectivity index (χ0v) is 15.0. The van der Waals surface area contributed by atoms with Crippen LogP contribution in [-0.4, -0.2) is 42.6 Å². The SMILES string of the molecule is CSc1nc(Nc2ccc(O)cc2O)c2ncn(C3CCCCO3)c2n1. The normalized spacial score (nSPS) is 17.5. The Balaban J connectivity index is 1.77. The lowest BCUT2D eigenvalue weighted by Gasteiger charge is -2.23. The molecular formula is C17H19N5O3S. The Bertz CT molecular complexity index is 940. The summed E-state index contributed by atoms with van der Waals surface area (Å²) < 4.78 is 7.80. The van der Waals surface area contributed by atoms with Gasteiger partial charge in [0.25, 0.3) is 0 Å². The van der Waals surface area contributed by atoms with Crippen molar-refractivity contribution in [3.8, 4) is 11.5 Å². The van der Waals surface area contributed by atoms with E-state index in [9.17, 15) is 10.2 Å². The summed E-state index contributed by atoms with van der Waals surface area (Å²) in [4.78, 5) is 13.6. The van der Waals surface area contributed by atoms with Gasteiger partial charge in [0.15, 0.2) is 22.1 Å². The molecule has 26 heavy (non-hydrogen) atoms.